The van der Waals surface area contributed by atoms with Gasteiger partial charge >= 0.3 is 0 Å². The normalized spacial score (nSPS) is 27.0. The van der Waals surface area contributed by atoms with Gasteiger partial charge in [-0.05, 0) is 123 Å². The van der Waals surface area contributed by atoms with Crippen molar-refractivity contribution in [3.05, 3.63) is 98.1 Å². The minimum absolute atomic E-state index is 0.0488. The lowest BCUT2D eigenvalue weighted by Gasteiger charge is -2.34. The minimum atomic E-state index is -1.21. The van der Waals surface area contributed by atoms with E-state index in [9.17, 15) is 24.3 Å². The van der Waals surface area contributed by atoms with E-state index < -0.39 is 18.2 Å². The predicted molar refractivity (Wildman–Crippen MR) is 209 cm³/mol. The number of piperidine rings is 1. The van der Waals surface area contributed by atoms with E-state index in [-0.39, 0.29) is 42.7 Å². The standard InChI is InChI=1S/C45H44ClN5O6/c46-39-20-35(11-8-29(39)21-47)57-34-12-9-33(10-13-34)50-25-32-17-27(7-14-36(32)43(50)54)4-1-26-2-5-28(6-3-26)22-49-23-30-18-37-38(19-31(30)24-49)45(56)51(44(37)55)40-15-16-41(52)48-42(40)53/h7-8,11,14,17-20,26,28,33-34,40,44,55H,2-3,5-6,9-10,12-13,15-16,22-25H2,(H,48,52,53)/t26-,28-,33-,34-,40?,44?. The summed E-state index contributed by atoms with van der Waals surface area (Å²) < 4.78 is 6.17. The third kappa shape index (κ3) is 7.29. The smallest absolute Gasteiger partial charge is 0.257 e. The number of nitrogens with zero attached hydrogens (tertiary/aromatic N) is 4. The molecule has 6 aliphatic rings. The molecule has 0 radical (unpaired) electrons. The number of nitrogens with one attached hydrogen (secondary N) is 1. The molecule has 3 aromatic carbocycles. The maximum Gasteiger partial charge on any atom is 0.257 e. The van der Waals surface area contributed by atoms with Crippen LogP contribution >= 0.6 is 11.6 Å². The molecule has 0 aromatic heterocycles. The van der Waals surface area contributed by atoms with Gasteiger partial charge in [-0.1, -0.05) is 23.4 Å². The molecule has 0 spiro atoms. The molecule has 2 saturated carbocycles. The molecule has 4 heterocycles. The molecule has 4 aliphatic heterocycles. The second-order valence-electron chi connectivity index (χ2n) is 16.5. The highest BCUT2D eigenvalue weighted by Gasteiger charge is 2.45. The molecule has 0 bridgehead atoms. The molecule has 9 rings (SSSR count). The Morgan fingerprint density at radius 3 is 2.33 bits per heavy atom. The number of amides is 4. The number of hydrogen-bond acceptors (Lipinski definition) is 8. The van der Waals surface area contributed by atoms with Crippen molar-refractivity contribution >= 4 is 35.2 Å². The first kappa shape index (κ1) is 37.4. The summed E-state index contributed by atoms with van der Waals surface area (Å²) in [6.45, 7) is 3.07. The molecule has 57 heavy (non-hydrogen) atoms. The molecule has 2 atom stereocenters. The van der Waals surface area contributed by atoms with E-state index in [4.69, 9.17) is 21.6 Å². The van der Waals surface area contributed by atoms with Crippen molar-refractivity contribution in [2.24, 2.45) is 11.8 Å². The molecule has 2 N–H and O–H groups in total. The van der Waals surface area contributed by atoms with Gasteiger partial charge in [-0.2, -0.15) is 5.26 Å². The number of benzene rings is 3. The van der Waals surface area contributed by atoms with E-state index in [1.54, 1.807) is 18.2 Å². The first-order chi connectivity index (χ1) is 27.6. The van der Waals surface area contributed by atoms with Crippen molar-refractivity contribution in [3.8, 4) is 23.7 Å². The Balaban J connectivity index is 0.742. The lowest BCUT2D eigenvalue weighted by atomic mass is 9.82. The Morgan fingerprint density at radius 1 is 0.825 bits per heavy atom. The molecule has 11 nitrogen and oxygen atoms in total. The van der Waals surface area contributed by atoms with Crippen LogP contribution in [0.3, 0.4) is 0 Å². The van der Waals surface area contributed by atoms with Gasteiger partial charge in [-0.3, -0.25) is 34.3 Å². The summed E-state index contributed by atoms with van der Waals surface area (Å²) in [6, 6.07) is 16.4. The molecule has 3 fully saturated rings. The fourth-order valence-electron chi connectivity index (χ4n) is 9.81. The average Bonchev–Trinajstić information content (AvgIpc) is 3.83. The van der Waals surface area contributed by atoms with Crippen molar-refractivity contribution < 1.29 is 29.0 Å². The summed E-state index contributed by atoms with van der Waals surface area (Å²) in [4.78, 5) is 56.6. The number of hydrogen-bond donors (Lipinski definition) is 2. The molecule has 1 saturated heterocycles. The van der Waals surface area contributed by atoms with Crippen LogP contribution in [0.4, 0.5) is 0 Å². The van der Waals surface area contributed by atoms with Gasteiger partial charge in [0, 0.05) is 72.9 Å². The summed E-state index contributed by atoms with van der Waals surface area (Å²) in [5, 5.41) is 22.9. The Hall–Kier alpha value is -5.20. The second-order valence-corrected chi connectivity index (χ2v) is 16.9. The van der Waals surface area contributed by atoms with E-state index in [0.717, 1.165) is 98.8 Å². The van der Waals surface area contributed by atoms with Gasteiger partial charge in [0.25, 0.3) is 11.8 Å². The zero-order valence-electron chi connectivity index (χ0n) is 31.6. The van der Waals surface area contributed by atoms with E-state index in [1.807, 2.05) is 29.2 Å². The van der Waals surface area contributed by atoms with E-state index in [2.05, 4.69) is 34.2 Å². The van der Waals surface area contributed by atoms with Gasteiger partial charge < -0.3 is 14.7 Å². The van der Waals surface area contributed by atoms with E-state index in [0.29, 0.717) is 45.8 Å². The first-order valence-electron chi connectivity index (χ1n) is 20.2. The van der Waals surface area contributed by atoms with Crippen LogP contribution in [0.2, 0.25) is 5.02 Å². The highest BCUT2D eigenvalue weighted by Crippen LogP contribution is 2.40. The number of ether oxygens (including phenoxy) is 1. The number of aliphatic hydroxyl groups is 1. The Bertz CT molecular complexity index is 2280. The van der Waals surface area contributed by atoms with Gasteiger partial charge in [0.15, 0.2) is 6.23 Å². The van der Waals surface area contributed by atoms with Crippen molar-refractivity contribution in [1.29, 1.82) is 5.26 Å². The number of aliphatic hydroxyl groups excluding tert-OH is 1. The topological polar surface area (TPSA) is 143 Å². The fraction of sp³-hybridized carbons (Fsp3) is 0.444. The van der Waals surface area contributed by atoms with Crippen molar-refractivity contribution in [2.45, 2.75) is 108 Å². The van der Waals surface area contributed by atoms with Crippen LogP contribution in [0.1, 0.15) is 125 Å². The summed E-state index contributed by atoms with van der Waals surface area (Å²) in [5.41, 5.74) is 6.37. The molecule has 2 aliphatic carbocycles. The molecular weight excluding hydrogens is 742 g/mol. The van der Waals surface area contributed by atoms with Crippen molar-refractivity contribution in [2.75, 3.05) is 6.54 Å². The quantitative estimate of drug-likeness (QED) is 0.230. The fourth-order valence-corrected chi connectivity index (χ4v) is 10.0. The zero-order chi connectivity index (χ0) is 39.4. The molecule has 292 valence electrons. The maximum absolute atomic E-state index is 13.4. The third-order valence-corrected chi connectivity index (χ3v) is 13.2. The third-order valence-electron chi connectivity index (χ3n) is 12.9. The largest absolute Gasteiger partial charge is 0.490 e. The number of rotatable bonds is 6. The van der Waals surface area contributed by atoms with Crippen molar-refractivity contribution in [3.63, 3.8) is 0 Å². The van der Waals surface area contributed by atoms with Gasteiger partial charge in [-0.15, -0.1) is 0 Å². The van der Waals surface area contributed by atoms with Crippen LogP contribution in [-0.4, -0.2) is 68.2 Å². The highest BCUT2D eigenvalue weighted by atomic mass is 35.5. The predicted octanol–water partition coefficient (Wildman–Crippen LogP) is 5.98. The number of carbonyl (C=O) groups excluding carboxylic acids is 4. The van der Waals surface area contributed by atoms with Crippen LogP contribution in [0, 0.1) is 35.0 Å². The summed E-state index contributed by atoms with van der Waals surface area (Å²) >= 11 is 6.19. The van der Waals surface area contributed by atoms with Gasteiger partial charge in [0.1, 0.15) is 17.9 Å². The highest BCUT2D eigenvalue weighted by molar-refractivity contribution is 6.31. The van der Waals surface area contributed by atoms with Crippen LogP contribution in [0.15, 0.2) is 48.5 Å². The average molecular weight is 786 g/mol. The van der Waals surface area contributed by atoms with Gasteiger partial charge in [-0.25, -0.2) is 0 Å². The Morgan fingerprint density at radius 2 is 1.60 bits per heavy atom. The number of halogens is 1. The number of carbonyl (C=O) groups is 4. The molecular formula is C45H44ClN5O6. The number of nitriles is 1. The first-order valence-corrected chi connectivity index (χ1v) is 20.5. The number of fused-ring (bicyclic) bond motifs is 3. The van der Waals surface area contributed by atoms with Crippen molar-refractivity contribution in [1.82, 2.24) is 20.0 Å². The molecule has 2 unspecified atom stereocenters. The van der Waals surface area contributed by atoms with Crippen LogP contribution in [0.25, 0.3) is 0 Å². The number of imide groups is 1. The Kier molecular flexibility index (Phi) is 10.0. The van der Waals surface area contributed by atoms with Gasteiger partial charge in [0.2, 0.25) is 11.8 Å². The monoisotopic (exact) mass is 785 g/mol. The summed E-state index contributed by atoms with van der Waals surface area (Å²) in [7, 11) is 0. The van der Waals surface area contributed by atoms with Crippen LogP contribution in [-0.2, 0) is 29.2 Å². The minimum Gasteiger partial charge on any atom is -0.490 e. The lowest BCUT2D eigenvalue weighted by molar-refractivity contribution is -0.139. The van der Waals surface area contributed by atoms with E-state index >= 15 is 0 Å². The zero-order valence-corrected chi connectivity index (χ0v) is 32.4. The molecule has 4 amide bonds. The molecule has 3 aromatic rings. The molecule has 12 heteroatoms. The van der Waals surface area contributed by atoms with Crippen LogP contribution < -0.4 is 10.1 Å². The second kappa shape index (κ2) is 15.3. The Labute approximate surface area is 336 Å². The summed E-state index contributed by atoms with van der Waals surface area (Å²) in [5.74, 6) is 7.37. The van der Waals surface area contributed by atoms with E-state index in [1.165, 1.54) is 4.90 Å². The lowest BCUT2D eigenvalue weighted by Crippen LogP contribution is -2.53. The maximum atomic E-state index is 13.4. The van der Waals surface area contributed by atoms with Gasteiger partial charge in [0.05, 0.1) is 16.7 Å². The SMILES string of the molecule is N#Cc1ccc(O[C@H]2CC[C@H](N3Cc4cc(C#C[C@H]5CC[C@H](CN6Cc7cc8c(cc7C6)C(O)N(C6CCC(=O)NC6=O)C8=O)CC5)ccc4C3=O)CC2)cc1Cl. The van der Waals surface area contributed by atoms with Crippen LogP contribution in [0.5, 0.6) is 5.75 Å². The summed E-state index contributed by atoms with van der Waals surface area (Å²) in [6.07, 6.45) is 6.91.